The maximum Gasteiger partial charge on any atom is 0.237 e. The fourth-order valence-corrected chi connectivity index (χ4v) is 1.93. The van der Waals surface area contributed by atoms with Gasteiger partial charge in [0.25, 0.3) is 0 Å². The molecule has 1 saturated carbocycles. The molecule has 0 heterocycles. The molecule has 88 valence electrons. The summed E-state index contributed by atoms with van der Waals surface area (Å²) in [6.45, 7) is 8.34. The Kier molecular flexibility index (Phi) is 3.77. The summed E-state index contributed by atoms with van der Waals surface area (Å²) in [6.07, 6.45) is 3.21. The Bertz CT molecular complexity index is 232. The van der Waals surface area contributed by atoms with Crippen molar-refractivity contribution in [3.8, 4) is 0 Å². The van der Waals surface area contributed by atoms with E-state index in [9.17, 15) is 4.79 Å². The quantitative estimate of drug-likeness (QED) is 0.728. The van der Waals surface area contributed by atoms with Gasteiger partial charge < -0.3 is 11.1 Å². The molecular weight excluding hydrogens is 188 g/mol. The summed E-state index contributed by atoms with van der Waals surface area (Å²) in [4.78, 5) is 11.8. The van der Waals surface area contributed by atoms with E-state index in [-0.39, 0.29) is 17.5 Å². The summed E-state index contributed by atoms with van der Waals surface area (Å²) in [7, 11) is 0. The summed E-state index contributed by atoms with van der Waals surface area (Å²) in [5.74, 6) is 1.11. The number of hydrogen-bond acceptors (Lipinski definition) is 2. The molecule has 0 aromatic carbocycles. The Labute approximate surface area is 92.8 Å². The van der Waals surface area contributed by atoms with Gasteiger partial charge in [0.15, 0.2) is 0 Å². The van der Waals surface area contributed by atoms with Gasteiger partial charge >= 0.3 is 0 Å². The first kappa shape index (κ1) is 12.5. The average molecular weight is 212 g/mol. The minimum Gasteiger partial charge on any atom is -0.350 e. The van der Waals surface area contributed by atoms with Crippen LogP contribution >= 0.6 is 0 Å². The molecule has 0 radical (unpaired) electrons. The summed E-state index contributed by atoms with van der Waals surface area (Å²) < 4.78 is 0. The van der Waals surface area contributed by atoms with Crippen LogP contribution in [0.3, 0.4) is 0 Å². The number of rotatable bonds is 5. The van der Waals surface area contributed by atoms with Gasteiger partial charge in [-0.2, -0.15) is 0 Å². The van der Waals surface area contributed by atoms with E-state index in [0.717, 1.165) is 6.42 Å². The van der Waals surface area contributed by atoms with E-state index in [1.807, 2.05) is 0 Å². The van der Waals surface area contributed by atoms with Crippen molar-refractivity contribution >= 4 is 5.91 Å². The summed E-state index contributed by atoms with van der Waals surface area (Å²) in [5.41, 5.74) is 5.76. The second kappa shape index (κ2) is 4.52. The predicted molar refractivity (Wildman–Crippen MR) is 62.4 cm³/mol. The number of nitrogens with two attached hydrogens (primary N) is 1. The summed E-state index contributed by atoms with van der Waals surface area (Å²) >= 11 is 0. The minimum absolute atomic E-state index is 0.000556. The molecule has 0 aromatic heterocycles. The van der Waals surface area contributed by atoms with E-state index in [0.29, 0.717) is 11.8 Å². The lowest BCUT2D eigenvalue weighted by molar-refractivity contribution is -0.124. The van der Waals surface area contributed by atoms with Crippen LogP contribution in [0.25, 0.3) is 0 Å². The van der Waals surface area contributed by atoms with Crippen LogP contribution < -0.4 is 11.1 Å². The first-order chi connectivity index (χ1) is 6.83. The van der Waals surface area contributed by atoms with Crippen molar-refractivity contribution < 1.29 is 4.79 Å². The normalized spacial score (nSPS) is 19.1. The van der Waals surface area contributed by atoms with Gasteiger partial charge in [0.05, 0.1) is 6.04 Å². The first-order valence-corrected chi connectivity index (χ1v) is 5.90. The molecule has 3 N–H and O–H groups in total. The minimum atomic E-state index is -0.358. The highest BCUT2D eigenvalue weighted by Crippen LogP contribution is 2.39. The molecule has 15 heavy (non-hydrogen) atoms. The molecule has 1 atom stereocenters. The molecule has 1 rings (SSSR count). The lowest BCUT2D eigenvalue weighted by Crippen LogP contribution is -2.52. The second-order valence-electron chi connectivity index (χ2n) is 5.72. The van der Waals surface area contributed by atoms with Crippen LogP contribution in [-0.4, -0.2) is 17.5 Å². The van der Waals surface area contributed by atoms with E-state index in [2.05, 4.69) is 33.0 Å². The lowest BCUT2D eigenvalue weighted by atomic mass is 9.97. The Morgan fingerprint density at radius 2 is 2.00 bits per heavy atom. The van der Waals surface area contributed by atoms with Gasteiger partial charge in [-0.1, -0.05) is 13.8 Å². The summed E-state index contributed by atoms with van der Waals surface area (Å²) in [5, 5.41) is 3.06. The molecule has 3 heteroatoms. The van der Waals surface area contributed by atoms with Crippen molar-refractivity contribution in [3.05, 3.63) is 0 Å². The molecule has 1 aliphatic rings. The Hall–Kier alpha value is -0.570. The SMILES string of the molecule is CC(C)CC(N)C(=O)NC(C)(C)C1CC1. The van der Waals surface area contributed by atoms with Crippen LogP contribution in [0.4, 0.5) is 0 Å². The van der Waals surface area contributed by atoms with E-state index in [4.69, 9.17) is 5.73 Å². The molecule has 0 aliphatic heterocycles. The highest BCUT2D eigenvalue weighted by molar-refractivity contribution is 5.82. The fraction of sp³-hybridized carbons (Fsp3) is 0.917. The van der Waals surface area contributed by atoms with Crippen LogP contribution in [0.2, 0.25) is 0 Å². The number of hydrogen-bond donors (Lipinski definition) is 2. The van der Waals surface area contributed by atoms with Crippen LogP contribution in [0.5, 0.6) is 0 Å². The molecule has 0 aromatic rings. The zero-order valence-corrected chi connectivity index (χ0v) is 10.3. The second-order valence-corrected chi connectivity index (χ2v) is 5.72. The van der Waals surface area contributed by atoms with Gasteiger partial charge in [0, 0.05) is 5.54 Å². The third-order valence-corrected chi connectivity index (χ3v) is 3.11. The maximum atomic E-state index is 11.8. The van der Waals surface area contributed by atoms with Crippen molar-refractivity contribution in [1.82, 2.24) is 5.32 Å². The van der Waals surface area contributed by atoms with Gasteiger partial charge in [-0.3, -0.25) is 4.79 Å². The van der Waals surface area contributed by atoms with Gasteiger partial charge in [-0.25, -0.2) is 0 Å². The lowest BCUT2D eigenvalue weighted by Gasteiger charge is -2.28. The smallest absolute Gasteiger partial charge is 0.237 e. The van der Waals surface area contributed by atoms with Crippen molar-refractivity contribution in [1.29, 1.82) is 0 Å². The molecule has 0 spiro atoms. The van der Waals surface area contributed by atoms with Gasteiger partial charge in [0.1, 0.15) is 0 Å². The molecule has 1 fully saturated rings. The highest BCUT2D eigenvalue weighted by Gasteiger charge is 2.39. The molecular formula is C12H24N2O. The Balaban J connectivity index is 2.40. The van der Waals surface area contributed by atoms with Crippen LogP contribution in [0.1, 0.15) is 47.0 Å². The number of amides is 1. The number of carbonyl (C=O) groups excluding carboxylic acids is 1. The van der Waals surface area contributed by atoms with Crippen molar-refractivity contribution in [2.45, 2.75) is 58.5 Å². The van der Waals surface area contributed by atoms with Crippen molar-refractivity contribution in [2.75, 3.05) is 0 Å². The average Bonchev–Trinajstić information content (AvgIpc) is 2.83. The number of carbonyl (C=O) groups is 1. The third-order valence-electron chi connectivity index (χ3n) is 3.11. The van der Waals surface area contributed by atoms with Gasteiger partial charge in [-0.15, -0.1) is 0 Å². The Morgan fingerprint density at radius 1 is 1.47 bits per heavy atom. The topological polar surface area (TPSA) is 55.1 Å². The zero-order chi connectivity index (χ0) is 11.6. The maximum absolute atomic E-state index is 11.8. The fourth-order valence-electron chi connectivity index (χ4n) is 1.93. The monoisotopic (exact) mass is 212 g/mol. The van der Waals surface area contributed by atoms with Gasteiger partial charge in [-0.05, 0) is 44.9 Å². The van der Waals surface area contributed by atoms with Crippen LogP contribution in [-0.2, 0) is 4.79 Å². The molecule has 1 aliphatic carbocycles. The molecule has 3 nitrogen and oxygen atoms in total. The van der Waals surface area contributed by atoms with E-state index in [1.165, 1.54) is 12.8 Å². The largest absolute Gasteiger partial charge is 0.350 e. The molecule has 0 bridgehead atoms. The third kappa shape index (κ3) is 3.82. The summed E-state index contributed by atoms with van der Waals surface area (Å²) in [6, 6.07) is -0.358. The zero-order valence-electron chi connectivity index (χ0n) is 10.3. The molecule has 1 amide bonds. The van der Waals surface area contributed by atoms with Crippen LogP contribution in [0.15, 0.2) is 0 Å². The highest BCUT2D eigenvalue weighted by atomic mass is 16.2. The van der Waals surface area contributed by atoms with Crippen molar-refractivity contribution in [3.63, 3.8) is 0 Å². The van der Waals surface area contributed by atoms with Gasteiger partial charge in [0.2, 0.25) is 5.91 Å². The van der Waals surface area contributed by atoms with E-state index < -0.39 is 0 Å². The Morgan fingerprint density at radius 3 is 2.40 bits per heavy atom. The first-order valence-electron chi connectivity index (χ1n) is 5.90. The van der Waals surface area contributed by atoms with E-state index in [1.54, 1.807) is 0 Å². The standard InChI is InChI=1S/C12H24N2O/c1-8(2)7-10(13)11(15)14-12(3,4)9-5-6-9/h8-10H,5-7,13H2,1-4H3,(H,14,15). The predicted octanol–water partition coefficient (Wildman–Crippen LogP) is 1.66. The number of nitrogens with one attached hydrogen (secondary N) is 1. The molecule has 1 unspecified atom stereocenters. The van der Waals surface area contributed by atoms with E-state index >= 15 is 0 Å². The molecule has 0 saturated heterocycles. The van der Waals surface area contributed by atoms with Crippen molar-refractivity contribution in [2.24, 2.45) is 17.6 Å². The van der Waals surface area contributed by atoms with Crippen LogP contribution in [0, 0.1) is 11.8 Å².